The van der Waals surface area contributed by atoms with Crippen molar-refractivity contribution in [3.63, 3.8) is 0 Å². The Balaban J connectivity index is 1.82. The molecule has 0 N–H and O–H groups in total. The van der Waals surface area contributed by atoms with Gasteiger partial charge in [-0.25, -0.2) is 9.59 Å². The fourth-order valence-corrected chi connectivity index (χ4v) is 11.1. The standard InChI is InChI=1S/C19H26O5Si/c1-22-15(20)13-12-9-17(25(3,4)5,14(13)16(21)23-2)19-11-7-6-10(8-11)18(12,19)24-19/h10-12H,6-9H2,1-5H3/t10-,11-,12+,17-,18+,19+/m0/s1. The Morgan fingerprint density at radius 1 is 1.08 bits per heavy atom. The second-order valence-electron chi connectivity index (χ2n) is 9.52. The summed E-state index contributed by atoms with van der Waals surface area (Å²) in [5.41, 5.74) is 0.736. The predicted octanol–water partition coefficient (Wildman–Crippen LogP) is 2.68. The third-order valence-corrected chi connectivity index (χ3v) is 11.7. The molecule has 6 heteroatoms. The lowest BCUT2D eigenvalue weighted by Gasteiger charge is -2.47. The molecule has 1 heterocycles. The Morgan fingerprint density at radius 3 is 2.32 bits per heavy atom. The molecule has 0 radical (unpaired) electrons. The summed E-state index contributed by atoms with van der Waals surface area (Å²) >= 11 is 0. The van der Waals surface area contributed by atoms with Crippen molar-refractivity contribution in [3.8, 4) is 0 Å². The fourth-order valence-electron chi connectivity index (χ4n) is 7.75. The van der Waals surface area contributed by atoms with Crippen molar-refractivity contribution in [3.05, 3.63) is 11.1 Å². The second-order valence-corrected chi connectivity index (χ2v) is 14.9. The van der Waals surface area contributed by atoms with Crippen molar-refractivity contribution in [2.75, 3.05) is 14.2 Å². The van der Waals surface area contributed by atoms with Crippen LogP contribution in [0.25, 0.3) is 0 Å². The maximum absolute atomic E-state index is 12.9. The maximum atomic E-state index is 12.9. The normalized spacial score (nSPS) is 48.4. The first kappa shape index (κ1) is 16.1. The number of rotatable bonds is 3. The highest BCUT2D eigenvalue weighted by Gasteiger charge is 2.98. The lowest BCUT2D eigenvalue weighted by molar-refractivity contribution is -0.140. The summed E-state index contributed by atoms with van der Waals surface area (Å²) in [6.07, 6.45) is 4.43. The molecule has 4 fully saturated rings. The largest absolute Gasteiger partial charge is 0.466 e. The lowest BCUT2D eigenvalue weighted by atomic mass is 9.68. The number of carbonyl (C=O) groups excluding carboxylic acids is 2. The molecule has 5 rings (SSSR count). The third-order valence-electron chi connectivity index (χ3n) is 8.26. The van der Waals surface area contributed by atoms with E-state index >= 15 is 0 Å². The molecule has 25 heavy (non-hydrogen) atoms. The molecule has 0 aromatic rings. The van der Waals surface area contributed by atoms with E-state index in [-0.39, 0.29) is 34.1 Å². The van der Waals surface area contributed by atoms with E-state index in [0.29, 0.717) is 23.0 Å². The van der Waals surface area contributed by atoms with Gasteiger partial charge in [0.15, 0.2) is 0 Å². The van der Waals surface area contributed by atoms with E-state index in [1.807, 2.05) is 0 Å². The Labute approximate surface area is 149 Å². The quantitative estimate of drug-likeness (QED) is 0.439. The SMILES string of the molecule is COC(=O)C1=C(C(=O)OC)[C@@]2([Si](C)(C)C)C[C@H]1[C@@]13O[C@@]12[C@H]1CC[C@H]3C1. The summed E-state index contributed by atoms with van der Waals surface area (Å²) in [6.45, 7) is 6.93. The number of fused-ring (bicyclic) bond motifs is 4. The van der Waals surface area contributed by atoms with Gasteiger partial charge in [-0.1, -0.05) is 19.6 Å². The lowest BCUT2D eigenvalue weighted by Crippen LogP contribution is -2.54. The molecular formula is C19H26O5Si. The third kappa shape index (κ3) is 1.29. The van der Waals surface area contributed by atoms with E-state index < -0.39 is 8.07 Å². The van der Waals surface area contributed by atoms with Crippen LogP contribution in [-0.2, 0) is 23.8 Å². The van der Waals surface area contributed by atoms with Gasteiger partial charge in [0.1, 0.15) is 11.2 Å². The van der Waals surface area contributed by atoms with Gasteiger partial charge in [-0.05, 0) is 37.5 Å². The van der Waals surface area contributed by atoms with Crippen LogP contribution < -0.4 is 0 Å². The highest BCUT2D eigenvalue weighted by atomic mass is 28.3. The van der Waals surface area contributed by atoms with Crippen LogP contribution in [0.4, 0.5) is 0 Å². The zero-order chi connectivity index (χ0) is 18.0. The van der Waals surface area contributed by atoms with Crippen molar-refractivity contribution in [1.82, 2.24) is 0 Å². The summed E-state index contributed by atoms with van der Waals surface area (Å²) < 4.78 is 17.0. The summed E-state index contributed by atoms with van der Waals surface area (Å²) in [5, 5.41) is -0.332. The van der Waals surface area contributed by atoms with Gasteiger partial charge in [-0.15, -0.1) is 0 Å². The minimum absolute atomic E-state index is 0.00363. The van der Waals surface area contributed by atoms with Crippen molar-refractivity contribution in [2.24, 2.45) is 17.8 Å². The van der Waals surface area contributed by atoms with Crippen LogP contribution >= 0.6 is 0 Å². The Bertz CT molecular complexity index is 751. The average Bonchev–Trinajstić information content (AvgIpc) is 2.92. The molecule has 0 aromatic carbocycles. The number of esters is 2. The van der Waals surface area contributed by atoms with Crippen LogP contribution in [0.1, 0.15) is 25.7 Å². The topological polar surface area (TPSA) is 65.1 Å². The number of epoxide rings is 1. The van der Waals surface area contributed by atoms with Gasteiger partial charge in [0, 0.05) is 11.0 Å². The van der Waals surface area contributed by atoms with Crippen molar-refractivity contribution >= 4 is 20.0 Å². The van der Waals surface area contributed by atoms with Crippen molar-refractivity contribution < 1.29 is 23.8 Å². The van der Waals surface area contributed by atoms with Gasteiger partial charge < -0.3 is 14.2 Å². The van der Waals surface area contributed by atoms with E-state index in [1.165, 1.54) is 33.5 Å². The molecule has 5 nitrogen and oxygen atoms in total. The van der Waals surface area contributed by atoms with Gasteiger partial charge in [-0.2, -0.15) is 0 Å². The van der Waals surface area contributed by atoms with Crippen LogP contribution in [-0.4, -0.2) is 45.4 Å². The van der Waals surface area contributed by atoms with Crippen molar-refractivity contribution in [1.29, 1.82) is 0 Å². The van der Waals surface area contributed by atoms with E-state index in [0.717, 1.165) is 6.42 Å². The van der Waals surface area contributed by atoms with Gasteiger partial charge >= 0.3 is 11.9 Å². The van der Waals surface area contributed by atoms with Crippen molar-refractivity contribution in [2.45, 2.75) is 61.6 Å². The van der Waals surface area contributed by atoms with Gasteiger partial charge in [0.05, 0.1) is 33.4 Å². The molecule has 0 spiro atoms. The van der Waals surface area contributed by atoms with Gasteiger partial charge in [0.2, 0.25) is 0 Å². The number of hydrogen-bond donors (Lipinski definition) is 0. The molecule has 0 aromatic heterocycles. The summed E-state index contributed by atoms with van der Waals surface area (Å²) in [6, 6.07) is 0. The molecule has 5 aliphatic rings. The molecule has 0 amide bonds. The van der Waals surface area contributed by atoms with Gasteiger partial charge in [0.25, 0.3) is 0 Å². The zero-order valence-electron chi connectivity index (χ0n) is 15.6. The van der Waals surface area contributed by atoms with Crippen LogP contribution in [0.2, 0.25) is 24.7 Å². The van der Waals surface area contributed by atoms with Gasteiger partial charge in [-0.3, -0.25) is 0 Å². The predicted molar refractivity (Wildman–Crippen MR) is 92.6 cm³/mol. The number of ether oxygens (including phenoxy) is 3. The Kier molecular flexibility index (Phi) is 2.71. The monoisotopic (exact) mass is 362 g/mol. The Hall–Kier alpha value is -1.14. The molecule has 1 saturated heterocycles. The van der Waals surface area contributed by atoms with E-state index in [2.05, 4.69) is 19.6 Å². The van der Waals surface area contributed by atoms with E-state index in [4.69, 9.17) is 14.2 Å². The molecule has 1 aliphatic heterocycles. The van der Waals surface area contributed by atoms with Crippen LogP contribution in [0.3, 0.4) is 0 Å². The van der Waals surface area contributed by atoms with E-state index in [1.54, 1.807) is 0 Å². The first-order chi connectivity index (χ1) is 11.7. The highest BCUT2D eigenvalue weighted by Crippen LogP contribution is 2.93. The van der Waals surface area contributed by atoms with E-state index in [9.17, 15) is 9.59 Å². The summed E-state index contributed by atoms with van der Waals surface area (Å²) in [5.74, 6) is 0.321. The number of hydrogen-bond acceptors (Lipinski definition) is 5. The minimum Gasteiger partial charge on any atom is -0.466 e. The summed E-state index contributed by atoms with van der Waals surface area (Å²) in [7, 11) is 0.884. The second kappa shape index (κ2) is 4.22. The number of carbonyl (C=O) groups is 2. The number of methoxy groups -OCH3 is 2. The molecule has 4 aliphatic carbocycles. The smallest absolute Gasteiger partial charge is 0.334 e. The molecule has 6 atom stereocenters. The first-order valence-corrected chi connectivity index (χ1v) is 12.8. The maximum Gasteiger partial charge on any atom is 0.334 e. The van der Waals surface area contributed by atoms with Crippen LogP contribution in [0, 0.1) is 17.8 Å². The molecule has 136 valence electrons. The highest BCUT2D eigenvalue weighted by molar-refractivity contribution is 6.81. The molecule has 3 saturated carbocycles. The van der Waals surface area contributed by atoms with Crippen LogP contribution in [0.15, 0.2) is 11.1 Å². The first-order valence-electron chi connectivity index (χ1n) is 9.34. The zero-order valence-corrected chi connectivity index (χ0v) is 16.6. The van der Waals surface area contributed by atoms with Crippen LogP contribution in [0.5, 0.6) is 0 Å². The average molecular weight is 362 g/mol. The molecule has 0 unspecified atom stereocenters. The Morgan fingerprint density at radius 2 is 1.72 bits per heavy atom. The fraction of sp³-hybridized carbons (Fsp3) is 0.789. The minimum atomic E-state index is -1.93. The molecular weight excluding hydrogens is 336 g/mol. The molecule has 4 bridgehead atoms. The summed E-state index contributed by atoms with van der Waals surface area (Å²) in [4.78, 5) is 25.6.